The maximum atomic E-state index is 12.8. The summed E-state index contributed by atoms with van der Waals surface area (Å²) < 4.78 is 3.42. The van der Waals surface area contributed by atoms with Gasteiger partial charge in [0.05, 0.1) is 18.2 Å². The Morgan fingerprint density at radius 3 is 2.68 bits per heavy atom. The summed E-state index contributed by atoms with van der Waals surface area (Å²) in [6.07, 6.45) is 5.83. The van der Waals surface area contributed by atoms with Crippen LogP contribution in [0.1, 0.15) is 68.9 Å². The fourth-order valence-electron chi connectivity index (χ4n) is 5.28. The average molecular weight is 460 g/mol. The molecule has 5 rings (SSSR count). The van der Waals surface area contributed by atoms with Crippen LogP contribution in [0.25, 0.3) is 5.65 Å². The number of nitrogens with zero attached hydrogens (tertiary/aromatic N) is 7. The third kappa shape index (κ3) is 3.98. The first-order chi connectivity index (χ1) is 16.4. The molecular weight excluding hydrogens is 426 g/mol. The van der Waals surface area contributed by atoms with Gasteiger partial charge < -0.3 is 4.90 Å². The molecule has 4 heterocycles. The van der Waals surface area contributed by atoms with Crippen LogP contribution in [0.3, 0.4) is 0 Å². The Morgan fingerprint density at radius 1 is 1.24 bits per heavy atom. The van der Waals surface area contributed by atoms with Gasteiger partial charge in [-0.05, 0) is 44.7 Å². The molecule has 3 aromatic rings. The first-order valence-electron chi connectivity index (χ1n) is 12.3. The summed E-state index contributed by atoms with van der Waals surface area (Å²) in [5.41, 5.74) is 3.81. The van der Waals surface area contributed by atoms with Gasteiger partial charge in [0.15, 0.2) is 0 Å². The molecule has 2 aliphatic rings. The summed E-state index contributed by atoms with van der Waals surface area (Å²) in [5.74, 6) is 1.47. The van der Waals surface area contributed by atoms with E-state index < -0.39 is 0 Å². The Hall–Kier alpha value is -3.18. The minimum atomic E-state index is -0.0659. The summed E-state index contributed by atoms with van der Waals surface area (Å²) in [5, 5.41) is 13.8. The molecule has 0 unspecified atom stereocenters. The zero-order chi connectivity index (χ0) is 24.0. The summed E-state index contributed by atoms with van der Waals surface area (Å²) >= 11 is 0. The number of nitriles is 1. The second-order valence-electron chi connectivity index (χ2n) is 9.87. The van der Waals surface area contributed by atoms with Gasteiger partial charge in [-0.1, -0.05) is 13.0 Å². The number of fused-ring (bicyclic) bond motifs is 1. The molecule has 0 N–H and O–H groups in total. The molecule has 3 aromatic heterocycles. The lowest BCUT2D eigenvalue weighted by atomic mass is 9.99. The fraction of sp³-hybridized carbons (Fsp3) is 0.538. The number of piperazine rings is 1. The number of hydrogen-bond acceptors (Lipinski definition) is 6. The monoisotopic (exact) mass is 459 g/mol. The molecule has 1 saturated heterocycles. The van der Waals surface area contributed by atoms with Gasteiger partial charge in [0, 0.05) is 68.2 Å². The lowest BCUT2D eigenvalue weighted by Gasteiger charge is -2.48. The molecule has 34 heavy (non-hydrogen) atoms. The van der Waals surface area contributed by atoms with Gasteiger partial charge in [-0.3, -0.25) is 19.2 Å². The van der Waals surface area contributed by atoms with Crippen molar-refractivity contribution in [3.8, 4) is 6.07 Å². The number of rotatable bonds is 6. The smallest absolute Gasteiger partial charge is 0.255 e. The van der Waals surface area contributed by atoms with Crippen molar-refractivity contribution in [1.29, 1.82) is 5.26 Å². The Balaban J connectivity index is 1.44. The van der Waals surface area contributed by atoms with Crippen LogP contribution in [0.5, 0.6) is 0 Å². The van der Waals surface area contributed by atoms with Gasteiger partial charge in [0.2, 0.25) is 0 Å². The molecule has 8 heteroatoms. The van der Waals surface area contributed by atoms with Crippen LogP contribution in [0.15, 0.2) is 35.3 Å². The molecule has 0 bridgehead atoms. The number of anilines is 1. The van der Waals surface area contributed by atoms with Gasteiger partial charge in [0.1, 0.15) is 11.5 Å². The molecule has 1 saturated carbocycles. The molecule has 0 amide bonds. The van der Waals surface area contributed by atoms with E-state index in [1.54, 1.807) is 17.7 Å². The van der Waals surface area contributed by atoms with E-state index in [9.17, 15) is 4.79 Å². The van der Waals surface area contributed by atoms with Crippen LogP contribution in [-0.2, 0) is 13.5 Å². The minimum absolute atomic E-state index is 0.0659. The quantitative estimate of drug-likeness (QED) is 0.562. The van der Waals surface area contributed by atoms with Crippen LogP contribution in [0, 0.1) is 11.3 Å². The number of pyridine rings is 1. The first kappa shape index (κ1) is 22.6. The highest BCUT2D eigenvalue weighted by Crippen LogP contribution is 2.39. The summed E-state index contributed by atoms with van der Waals surface area (Å²) in [4.78, 5) is 22.4. The second kappa shape index (κ2) is 8.88. The van der Waals surface area contributed by atoms with Crippen LogP contribution in [0.2, 0.25) is 0 Å². The van der Waals surface area contributed by atoms with E-state index in [2.05, 4.69) is 60.1 Å². The molecule has 1 aliphatic carbocycles. The Labute approximate surface area is 200 Å². The summed E-state index contributed by atoms with van der Waals surface area (Å²) in [7, 11) is 1.75. The van der Waals surface area contributed by atoms with Crippen LogP contribution < -0.4 is 10.5 Å². The molecule has 2 fully saturated rings. The van der Waals surface area contributed by atoms with E-state index in [4.69, 9.17) is 10.2 Å². The van der Waals surface area contributed by atoms with Crippen LogP contribution in [0.4, 0.5) is 5.82 Å². The molecule has 0 spiro atoms. The average Bonchev–Trinajstić information content (AvgIpc) is 3.61. The third-order valence-electron chi connectivity index (χ3n) is 7.58. The van der Waals surface area contributed by atoms with Crippen molar-refractivity contribution >= 4 is 11.5 Å². The molecular formula is C26H33N7O. The van der Waals surface area contributed by atoms with E-state index in [0.29, 0.717) is 23.3 Å². The minimum Gasteiger partial charge on any atom is -0.351 e. The maximum absolute atomic E-state index is 12.8. The Morgan fingerprint density at radius 2 is 2.03 bits per heavy atom. The van der Waals surface area contributed by atoms with Gasteiger partial charge in [0.25, 0.3) is 5.56 Å². The van der Waals surface area contributed by atoms with E-state index in [0.717, 1.165) is 25.3 Å². The van der Waals surface area contributed by atoms with Crippen molar-refractivity contribution in [3.63, 3.8) is 0 Å². The predicted octanol–water partition coefficient (Wildman–Crippen LogP) is 3.42. The molecule has 178 valence electrons. The van der Waals surface area contributed by atoms with Gasteiger partial charge in [-0.25, -0.2) is 4.52 Å². The lowest BCUT2D eigenvalue weighted by Crippen LogP contribution is -2.58. The molecule has 0 radical (unpaired) electrons. The molecule has 1 aliphatic heterocycles. The third-order valence-corrected chi connectivity index (χ3v) is 7.58. The molecule has 8 nitrogen and oxygen atoms in total. The highest BCUT2D eigenvalue weighted by Gasteiger charge is 2.35. The molecule has 0 aromatic carbocycles. The van der Waals surface area contributed by atoms with E-state index in [-0.39, 0.29) is 24.1 Å². The van der Waals surface area contributed by atoms with E-state index in [1.165, 1.54) is 24.1 Å². The molecule has 3 atom stereocenters. The highest BCUT2D eigenvalue weighted by atomic mass is 16.1. The zero-order valence-electron chi connectivity index (χ0n) is 20.5. The van der Waals surface area contributed by atoms with Crippen LogP contribution in [-0.4, -0.2) is 49.2 Å². The number of hydrogen-bond donors (Lipinski definition) is 0. The predicted molar refractivity (Wildman–Crippen MR) is 132 cm³/mol. The van der Waals surface area contributed by atoms with E-state index >= 15 is 0 Å². The SMILES string of the molecule is CC[C@@H]1CN(c2cc(=O)n(C)c3cc(CC#N)nn23)[C@@H](C)CN1[C@@H](C)c1ccc(C2CC2)nc1. The highest BCUT2D eigenvalue weighted by molar-refractivity contribution is 5.52. The lowest BCUT2D eigenvalue weighted by molar-refractivity contribution is 0.105. The van der Waals surface area contributed by atoms with E-state index in [1.807, 2.05) is 10.6 Å². The van der Waals surface area contributed by atoms with Crippen molar-refractivity contribution in [2.24, 2.45) is 7.05 Å². The van der Waals surface area contributed by atoms with Gasteiger partial charge in [-0.2, -0.15) is 10.4 Å². The summed E-state index contributed by atoms with van der Waals surface area (Å²) in [6.45, 7) is 8.41. The fourth-order valence-corrected chi connectivity index (χ4v) is 5.28. The van der Waals surface area contributed by atoms with Crippen molar-refractivity contribution in [2.75, 3.05) is 18.0 Å². The summed E-state index contributed by atoms with van der Waals surface area (Å²) in [6, 6.07) is 10.9. The van der Waals surface area contributed by atoms with Crippen molar-refractivity contribution in [3.05, 3.63) is 57.8 Å². The zero-order valence-corrected chi connectivity index (χ0v) is 20.5. The standard InChI is InChI=1S/C26H33N7O/c1-5-22-16-31(25-13-26(34)30(4)24-12-21(10-11-27)29-33(24)25)17(2)15-32(22)18(3)20-8-9-23(28-14-20)19-6-7-19/h8-9,12-14,17-19,22H,5-7,10,15-16H2,1-4H3/t17-,18-,22+/m0/s1. The Kier molecular flexibility index (Phi) is 5.90. The van der Waals surface area contributed by atoms with Gasteiger partial charge >= 0.3 is 0 Å². The van der Waals surface area contributed by atoms with Crippen LogP contribution >= 0.6 is 0 Å². The largest absolute Gasteiger partial charge is 0.351 e. The maximum Gasteiger partial charge on any atom is 0.255 e. The normalized spacial score (nSPS) is 22.1. The Bertz CT molecular complexity index is 1280. The number of aromatic nitrogens is 4. The first-order valence-corrected chi connectivity index (χ1v) is 12.3. The van der Waals surface area contributed by atoms with Crippen molar-refractivity contribution < 1.29 is 0 Å². The topological polar surface area (TPSA) is 82.5 Å². The van der Waals surface area contributed by atoms with Crippen molar-refractivity contribution in [2.45, 2.75) is 70.5 Å². The van der Waals surface area contributed by atoms with Gasteiger partial charge in [-0.15, -0.1) is 0 Å². The number of aryl methyl sites for hydroxylation is 1. The second-order valence-corrected chi connectivity index (χ2v) is 9.87. The van der Waals surface area contributed by atoms with Crippen molar-refractivity contribution in [1.82, 2.24) is 24.1 Å².